The molecule has 96 valence electrons. The van der Waals surface area contributed by atoms with Crippen LogP contribution in [0, 0.1) is 6.92 Å². The van der Waals surface area contributed by atoms with Gasteiger partial charge in [0.25, 0.3) is 0 Å². The molecule has 0 bridgehead atoms. The summed E-state index contributed by atoms with van der Waals surface area (Å²) < 4.78 is 0. The standard InChI is InChI=1S/C12H13ClN2O2S/c1-7-3-11(13)14-5-10(7)15-6-9(4-12(15)17)18-8(2)16/h3,5,9H,4,6H2,1-2H3. The Kier molecular flexibility index (Phi) is 3.92. The van der Waals surface area contributed by atoms with Gasteiger partial charge < -0.3 is 4.90 Å². The van der Waals surface area contributed by atoms with E-state index in [1.807, 2.05) is 6.92 Å². The molecule has 2 rings (SSSR count). The number of nitrogens with zero attached hydrogens (tertiary/aromatic N) is 2. The predicted octanol–water partition coefficient (Wildman–Crippen LogP) is 2.43. The van der Waals surface area contributed by atoms with E-state index in [0.717, 1.165) is 11.3 Å². The van der Waals surface area contributed by atoms with Gasteiger partial charge in [-0.25, -0.2) is 4.98 Å². The fraction of sp³-hybridized carbons (Fsp3) is 0.417. The molecular weight excluding hydrogens is 272 g/mol. The lowest BCUT2D eigenvalue weighted by atomic mass is 10.2. The van der Waals surface area contributed by atoms with E-state index in [0.29, 0.717) is 18.1 Å². The number of pyridine rings is 1. The average molecular weight is 285 g/mol. The second-order valence-corrected chi connectivity index (χ2v) is 6.10. The van der Waals surface area contributed by atoms with Crippen molar-refractivity contribution in [2.75, 3.05) is 11.4 Å². The molecule has 4 nitrogen and oxygen atoms in total. The van der Waals surface area contributed by atoms with Crippen LogP contribution >= 0.6 is 23.4 Å². The minimum Gasteiger partial charge on any atom is -0.309 e. The van der Waals surface area contributed by atoms with E-state index < -0.39 is 0 Å². The molecule has 1 fully saturated rings. The van der Waals surface area contributed by atoms with E-state index in [4.69, 9.17) is 11.6 Å². The summed E-state index contributed by atoms with van der Waals surface area (Å²) in [4.78, 5) is 28.7. The van der Waals surface area contributed by atoms with Crippen LogP contribution in [0.2, 0.25) is 5.15 Å². The lowest BCUT2D eigenvalue weighted by molar-refractivity contribution is -0.117. The van der Waals surface area contributed by atoms with Crippen molar-refractivity contribution in [3.8, 4) is 0 Å². The summed E-state index contributed by atoms with van der Waals surface area (Å²) in [5.41, 5.74) is 1.69. The molecule has 6 heteroatoms. The van der Waals surface area contributed by atoms with Gasteiger partial charge in [-0.3, -0.25) is 9.59 Å². The van der Waals surface area contributed by atoms with E-state index in [2.05, 4.69) is 4.98 Å². The second-order valence-electron chi connectivity index (χ2n) is 4.23. The molecule has 1 unspecified atom stereocenters. The maximum absolute atomic E-state index is 11.9. The van der Waals surface area contributed by atoms with Crippen molar-refractivity contribution >= 4 is 40.1 Å². The van der Waals surface area contributed by atoms with Crippen LogP contribution in [0.25, 0.3) is 0 Å². The van der Waals surface area contributed by atoms with Gasteiger partial charge in [-0.15, -0.1) is 0 Å². The van der Waals surface area contributed by atoms with E-state index in [1.165, 1.54) is 18.7 Å². The van der Waals surface area contributed by atoms with Crippen molar-refractivity contribution < 1.29 is 9.59 Å². The third-order valence-corrected chi connectivity index (χ3v) is 3.95. The molecule has 0 aliphatic carbocycles. The van der Waals surface area contributed by atoms with Crippen molar-refractivity contribution in [2.45, 2.75) is 25.5 Å². The Morgan fingerprint density at radius 1 is 1.61 bits per heavy atom. The highest BCUT2D eigenvalue weighted by Crippen LogP contribution is 2.30. The molecule has 0 aromatic carbocycles. The van der Waals surface area contributed by atoms with Crippen LogP contribution in [0.3, 0.4) is 0 Å². The number of thioether (sulfide) groups is 1. The fourth-order valence-electron chi connectivity index (χ4n) is 2.02. The Balaban J connectivity index is 2.19. The lowest BCUT2D eigenvalue weighted by Gasteiger charge is -2.18. The number of aryl methyl sites for hydroxylation is 1. The topological polar surface area (TPSA) is 50.3 Å². The number of aromatic nitrogens is 1. The Morgan fingerprint density at radius 3 is 2.94 bits per heavy atom. The molecule has 0 N–H and O–H groups in total. The van der Waals surface area contributed by atoms with Crippen molar-refractivity contribution in [1.29, 1.82) is 0 Å². The van der Waals surface area contributed by atoms with Crippen LogP contribution in [0.5, 0.6) is 0 Å². The number of rotatable bonds is 2. The van der Waals surface area contributed by atoms with Gasteiger partial charge in [0.05, 0.1) is 11.9 Å². The number of halogens is 1. The summed E-state index contributed by atoms with van der Waals surface area (Å²) in [5.74, 6) is 0.0287. The highest BCUT2D eigenvalue weighted by molar-refractivity contribution is 8.14. The smallest absolute Gasteiger partial charge is 0.228 e. The Morgan fingerprint density at radius 2 is 2.33 bits per heavy atom. The normalized spacial score (nSPS) is 19.4. The zero-order chi connectivity index (χ0) is 13.3. The highest BCUT2D eigenvalue weighted by atomic mass is 35.5. The Hall–Kier alpha value is -1.07. The molecule has 1 atom stereocenters. The summed E-state index contributed by atoms with van der Waals surface area (Å²) in [6.07, 6.45) is 2.00. The van der Waals surface area contributed by atoms with Crippen LogP contribution in [0.15, 0.2) is 12.3 Å². The fourth-order valence-corrected chi connectivity index (χ4v) is 3.15. The SMILES string of the molecule is CC(=O)SC1CC(=O)N(c2cnc(Cl)cc2C)C1. The summed E-state index contributed by atoms with van der Waals surface area (Å²) in [6, 6.07) is 1.73. The quantitative estimate of drug-likeness (QED) is 0.783. The van der Waals surface area contributed by atoms with Crippen molar-refractivity contribution in [2.24, 2.45) is 0 Å². The highest BCUT2D eigenvalue weighted by Gasteiger charge is 2.32. The monoisotopic (exact) mass is 284 g/mol. The third kappa shape index (κ3) is 2.84. The van der Waals surface area contributed by atoms with Gasteiger partial charge in [-0.1, -0.05) is 23.4 Å². The van der Waals surface area contributed by atoms with Crippen LogP contribution in [0.4, 0.5) is 5.69 Å². The zero-order valence-electron chi connectivity index (χ0n) is 10.1. The summed E-state index contributed by atoms with van der Waals surface area (Å²) in [7, 11) is 0. The number of carbonyl (C=O) groups excluding carboxylic acids is 2. The zero-order valence-corrected chi connectivity index (χ0v) is 11.7. The molecule has 18 heavy (non-hydrogen) atoms. The van der Waals surface area contributed by atoms with Crippen molar-refractivity contribution in [3.05, 3.63) is 23.0 Å². The molecule has 1 aliphatic rings. The number of amides is 1. The number of carbonyl (C=O) groups is 2. The lowest BCUT2D eigenvalue weighted by Crippen LogP contribution is -2.25. The molecule has 0 saturated carbocycles. The first-order valence-electron chi connectivity index (χ1n) is 5.57. The van der Waals surface area contributed by atoms with Gasteiger partial charge >= 0.3 is 0 Å². The van der Waals surface area contributed by atoms with E-state index in [1.54, 1.807) is 17.2 Å². The predicted molar refractivity (Wildman–Crippen MR) is 73.0 cm³/mol. The van der Waals surface area contributed by atoms with Gasteiger partial charge in [0.15, 0.2) is 5.12 Å². The van der Waals surface area contributed by atoms with Crippen LogP contribution in [0.1, 0.15) is 18.9 Å². The van der Waals surface area contributed by atoms with E-state index in [-0.39, 0.29) is 16.3 Å². The molecular formula is C12H13ClN2O2S. The Bertz CT molecular complexity index is 507. The van der Waals surface area contributed by atoms with Crippen molar-refractivity contribution in [3.63, 3.8) is 0 Å². The Labute approximate surface area is 115 Å². The second kappa shape index (κ2) is 5.28. The minimum atomic E-state index is 0.0287. The van der Waals surface area contributed by atoms with Crippen LogP contribution in [-0.4, -0.2) is 27.8 Å². The number of anilines is 1. The maximum atomic E-state index is 11.9. The summed E-state index contributed by atoms with van der Waals surface area (Å²) in [6.45, 7) is 3.96. The maximum Gasteiger partial charge on any atom is 0.228 e. The van der Waals surface area contributed by atoms with Crippen LogP contribution in [-0.2, 0) is 9.59 Å². The molecule has 1 amide bonds. The first-order valence-corrected chi connectivity index (χ1v) is 6.83. The molecule has 1 saturated heterocycles. The average Bonchev–Trinajstić information content (AvgIpc) is 2.58. The van der Waals surface area contributed by atoms with Gasteiger partial charge in [-0.2, -0.15) is 0 Å². The molecule has 0 spiro atoms. The summed E-state index contributed by atoms with van der Waals surface area (Å²) in [5, 5.41) is 0.489. The van der Waals surface area contributed by atoms with E-state index in [9.17, 15) is 9.59 Å². The van der Waals surface area contributed by atoms with Crippen LogP contribution < -0.4 is 4.90 Å². The number of hydrogen-bond donors (Lipinski definition) is 0. The summed E-state index contributed by atoms with van der Waals surface area (Å²) >= 11 is 7.02. The van der Waals surface area contributed by atoms with Crippen molar-refractivity contribution in [1.82, 2.24) is 4.98 Å². The third-order valence-electron chi connectivity index (χ3n) is 2.76. The first kappa shape index (κ1) is 13.4. The molecule has 1 aliphatic heterocycles. The largest absolute Gasteiger partial charge is 0.309 e. The molecule has 0 radical (unpaired) electrons. The minimum absolute atomic E-state index is 0.0287. The van der Waals surface area contributed by atoms with Gasteiger partial charge in [-0.05, 0) is 18.6 Å². The van der Waals surface area contributed by atoms with Gasteiger partial charge in [0.1, 0.15) is 5.15 Å². The first-order chi connectivity index (χ1) is 8.47. The molecule has 1 aromatic heterocycles. The molecule has 1 aromatic rings. The van der Waals surface area contributed by atoms with E-state index >= 15 is 0 Å². The van der Waals surface area contributed by atoms with Gasteiger partial charge in [0, 0.05) is 25.1 Å². The molecule has 2 heterocycles. The number of hydrogen-bond acceptors (Lipinski definition) is 4. The van der Waals surface area contributed by atoms with Gasteiger partial charge in [0.2, 0.25) is 5.91 Å².